The Balaban J connectivity index is 1.90. The smallest absolute Gasteiger partial charge is 0.257 e. The van der Waals surface area contributed by atoms with E-state index in [1.807, 2.05) is 13.8 Å². The van der Waals surface area contributed by atoms with Gasteiger partial charge >= 0.3 is 0 Å². The van der Waals surface area contributed by atoms with Crippen LogP contribution in [0.2, 0.25) is 0 Å². The van der Waals surface area contributed by atoms with Gasteiger partial charge in [-0.2, -0.15) is 0 Å². The van der Waals surface area contributed by atoms with E-state index >= 15 is 0 Å². The zero-order valence-electron chi connectivity index (χ0n) is 14.1. The van der Waals surface area contributed by atoms with Gasteiger partial charge in [0.1, 0.15) is 17.1 Å². The van der Waals surface area contributed by atoms with Crippen molar-refractivity contribution in [3.8, 4) is 5.75 Å². The van der Waals surface area contributed by atoms with E-state index in [1.54, 1.807) is 13.0 Å². The molecule has 0 unspecified atom stereocenters. The second kappa shape index (κ2) is 6.63. The highest BCUT2D eigenvalue weighted by molar-refractivity contribution is 5.96. The number of halogens is 1. The standard InChI is InChI=1S/C18H21FN2O3/c1-10(2)17-16(11(3)21-24-17)18(22)20-14-5-4-8-23-15-7-6-12(19)9-13(14)15/h6-7,9-10,14H,4-5,8H2,1-3H3,(H,20,22)/t14-/m1/s1. The highest BCUT2D eigenvalue weighted by atomic mass is 19.1. The summed E-state index contributed by atoms with van der Waals surface area (Å²) in [5.41, 5.74) is 1.69. The second-order valence-corrected chi connectivity index (χ2v) is 6.36. The molecule has 0 radical (unpaired) electrons. The Morgan fingerprint density at radius 2 is 2.21 bits per heavy atom. The van der Waals surface area contributed by atoms with E-state index in [2.05, 4.69) is 10.5 Å². The Bertz CT molecular complexity index is 755. The zero-order valence-corrected chi connectivity index (χ0v) is 14.1. The van der Waals surface area contributed by atoms with Crippen molar-refractivity contribution in [1.82, 2.24) is 10.5 Å². The van der Waals surface area contributed by atoms with Gasteiger partial charge in [-0.05, 0) is 38.0 Å². The SMILES string of the molecule is Cc1noc(C(C)C)c1C(=O)N[C@@H]1CCCOc2ccc(F)cc21. The summed E-state index contributed by atoms with van der Waals surface area (Å²) >= 11 is 0. The molecule has 0 saturated heterocycles. The molecule has 1 aromatic carbocycles. The first-order valence-electron chi connectivity index (χ1n) is 8.16. The number of nitrogens with one attached hydrogen (secondary N) is 1. The van der Waals surface area contributed by atoms with Crippen LogP contribution in [0, 0.1) is 12.7 Å². The van der Waals surface area contributed by atoms with Crippen molar-refractivity contribution in [3.63, 3.8) is 0 Å². The Morgan fingerprint density at radius 3 is 2.96 bits per heavy atom. The van der Waals surface area contributed by atoms with E-state index in [4.69, 9.17) is 9.26 Å². The molecule has 0 bridgehead atoms. The summed E-state index contributed by atoms with van der Waals surface area (Å²) in [7, 11) is 0. The molecular weight excluding hydrogens is 311 g/mol. The van der Waals surface area contributed by atoms with Crippen LogP contribution in [0.5, 0.6) is 5.75 Å². The normalized spacial score (nSPS) is 17.1. The minimum Gasteiger partial charge on any atom is -0.493 e. The van der Waals surface area contributed by atoms with E-state index in [1.165, 1.54) is 12.1 Å². The molecule has 3 rings (SSSR count). The lowest BCUT2D eigenvalue weighted by Gasteiger charge is -2.19. The lowest BCUT2D eigenvalue weighted by atomic mass is 10.00. The summed E-state index contributed by atoms with van der Waals surface area (Å²) in [5.74, 6) is 0.635. The molecule has 0 saturated carbocycles. The highest BCUT2D eigenvalue weighted by Gasteiger charge is 2.27. The van der Waals surface area contributed by atoms with E-state index in [0.29, 0.717) is 41.4 Å². The Labute approximate surface area is 140 Å². The van der Waals surface area contributed by atoms with Crippen LogP contribution >= 0.6 is 0 Å². The molecule has 1 amide bonds. The molecule has 1 N–H and O–H groups in total. The highest BCUT2D eigenvalue weighted by Crippen LogP contribution is 2.33. The fourth-order valence-electron chi connectivity index (χ4n) is 2.99. The molecule has 0 spiro atoms. The minimum absolute atomic E-state index is 0.0501. The Kier molecular flexibility index (Phi) is 4.55. The van der Waals surface area contributed by atoms with Crippen LogP contribution in [-0.2, 0) is 0 Å². The van der Waals surface area contributed by atoms with E-state index in [0.717, 1.165) is 6.42 Å². The first-order chi connectivity index (χ1) is 11.5. The average molecular weight is 332 g/mol. The summed E-state index contributed by atoms with van der Waals surface area (Å²) in [5, 5.41) is 6.90. The Hall–Kier alpha value is -2.37. The summed E-state index contributed by atoms with van der Waals surface area (Å²) in [6.45, 7) is 6.18. The van der Waals surface area contributed by atoms with Gasteiger partial charge in [0, 0.05) is 11.5 Å². The molecule has 0 aliphatic carbocycles. The predicted molar refractivity (Wildman–Crippen MR) is 86.7 cm³/mol. The topological polar surface area (TPSA) is 64.4 Å². The monoisotopic (exact) mass is 332 g/mol. The first-order valence-corrected chi connectivity index (χ1v) is 8.16. The summed E-state index contributed by atoms with van der Waals surface area (Å²) in [4.78, 5) is 12.8. The number of ether oxygens (including phenoxy) is 1. The fourth-order valence-corrected chi connectivity index (χ4v) is 2.99. The zero-order chi connectivity index (χ0) is 17.3. The van der Waals surface area contributed by atoms with Crippen molar-refractivity contribution in [2.24, 2.45) is 0 Å². The van der Waals surface area contributed by atoms with Gasteiger partial charge in [-0.1, -0.05) is 19.0 Å². The molecule has 1 aromatic heterocycles. The van der Waals surface area contributed by atoms with Crippen LogP contribution in [0.25, 0.3) is 0 Å². The molecule has 6 heteroatoms. The van der Waals surface area contributed by atoms with Crippen LogP contribution in [-0.4, -0.2) is 17.7 Å². The molecular formula is C18H21FN2O3. The molecule has 1 aliphatic rings. The first kappa shape index (κ1) is 16.5. The lowest BCUT2D eigenvalue weighted by molar-refractivity contribution is 0.0931. The van der Waals surface area contributed by atoms with E-state index in [9.17, 15) is 9.18 Å². The second-order valence-electron chi connectivity index (χ2n) is 6.36. The molecule has 128 valence electrons. The van der Waals surface area contributed by atoms with Gasteiger partial charge < -0.3 is 14.6 Å². The maximum atomic E-state index is 13.7. The van der Waals surface area contributed by atoms with Crippen molar-refractivity contribution in [2.45, 2.75) is 45.6 Å². The van der Waals surface area contributed by atoms with E-state index in [-0.39, 0.29) is 23.7 Å². The van der Waals surface area contributed by atoms with Crippen LogP contribution in [0.4, 0.5) is 4.39 Å². The van der Waals surface area contributed by atoms with Crippen LogP contribution < -0.4 is 10.1 Å². The van der Waals surface area contributed by atoms with Gasteiger partial charge in [-0.15, -0.1) is 0 Å². The van der Waals surface area contributed by atoms with Crippen LogP contribution in [0.3, 0.4) is 0 Å². The van der Waals surface area contributed by atoms with Gasteiger partial charge in [-0.25, -0.2) is 4.39 Å². The quantitative estimate of drug-likeness (QED) is 0.926. The number of hydrogen-bond acceptors (Lipinski definition) is 4. The van der Waals surface area contributed by atoms with Crippen LogP contribution in [0.15, 0.2) is 22.7 Å². The number of nitrogens with zero attached hydrogens (tertiary/aromatic N) is 1. The number of carbonyl (C=O) groups is 1. The number of benzene rings is 1. The number of hydrogen-bond donors (Lipinski definition) is 1. The number of fused-ring (bicyclic) bond motifs is 1. The number of carbonyl (C=O) groups excluding carboxylic acids is 1. The molecule has 2 heterocycles. The van der Waals surface area contributed by atoms with Gasteiger partial charge in [0.2, 0.25) is 0 Å². The van der Waals surface area contributed by atoms with E-state index < -0.39 is 0 Å². The number of aryl methyl sites for hydroxylation is 1. The largest absolute Gasteiger partial charge is 0.493 e. The maximum Gasteiger partial charge on any atom is 0.257 e. The van der Waals surface area contributed by atoms with Gasteiger partial charge in [-0.3, -0.25) is 4.79 Å². The fraction of sp³-hybridized carbons (Fsp3) is 0.444. The van der Waals surface area contributed by atoms with Crippen LogP contribution in [0.1, 0.15) is 66.0 Å². The third kappa shape index (κ3) is 3.13. The summed E-state index contributed by atoms with van der Waals surface area (Å²) in [6.07, 6.45) is 1.46. The van der Waals surface area contributed by atoms with Crippen molar-refractivity contribution in [2.75, 3.05) is 6.61 Å². The third-order valence-electron chi connectivity index (χ3n) is 4.19. The maximum absolute atomic E-state index is 13.7. The Morgan fingerprint density at radius 1 is 1.42 bits per heavy atom. The molecule has 5 nitrogen and oxygen atoms in total. The van der Waals surface area contributed by atoms with Gasteiger partial charge in [0.05, 0.1) is 18.3 Å². The van der Waals surface area contributed by atoms with Crippen molar-refractivity contribution >= 4 is 5.91 Å². The summed E-state index contributed by atoms with van der Waals surface area (Å²) in [6, 6.07) is 4.10. The predicted octanol–water partition coefficient (Wildman–Crippen LogP) is 3.89. The molecule has 1 atom stereocenters. The third-order valence-corrected chi connectivity index (χ3v) is 4.19. The number of amides is 1. The molecule has 2 aromatic rings. The van der Waals surface area contributed by atoms with Crippen molar-refractivity contribution in [3.05, 3.63) is 46.6 Å². The van der Waals surface area contributed by atoms with Crippen molar-refractivity contribution in [1.29, 1.82) is 0 Å². The lowest BCUT2D eigenvalue weighted by Crippen LogP contribution is -2.29. The van der Waals surface area contributed by atoms with Gasteiger partial charge in [0.25, 0.3) is 5.91 Å². The molecule has 1 aliphatic heterocycles. The van der Waals surface area contributed by atoms with Gasteiger partial charge in [0.15, 0.2) is 5.76 Å². The number of aromatic nitrogens is 1. The minimum atomic E-state index is -0.345. The molecule has 24 heavy (non-hydrogen) atoms. The number of rotatable bonds is 3. The molecule has 0 fully saturated rings. The van der Waals surface area contributed by atoms with Crippen molar-refractivity contribution < 1.29 is 18.4 Å². The average Bonchev–Trinajstić information content (AvgIpc) is 2.82. The summed E-state index contributed by atoms with van der Waals surface area (Å²) < 4.78 is 24.6.